The van der Waals surface area contributed by atoms with Crippen molar-refractivity contribution in [3.05, 3.63) is 47.1 Å². The molecule has 3 N–H and O–H groups in total. The number of nitrogens with one attached hydrogen (secondary N) is 1. The summed E-state index contributed by atoms with van der Waals surface area (Å²) < 4.78 is 0.983. The van der Waals surface area contributed by atoms with E-state index in [0.717, 1.165) is 10.2 Å². The summed E-state index contributed by atoms with van der Waals surface area (Å²) in [5.74, 6) is 0.819. The minimum absolute atomic E-state index is 0.220. The fourth-order valence-electron chi connectivity index (χ4n) is 1.78. The van der Waals surface area contributed by atoms with Crippen LogP contribution >= 0.6 is 15.9 Å². The Morgan fingerprint density at radius 2 is 2.00 bits per heavy atom. The van der Waals surface area contributed by atoms with E-state index in [0.29, 0.717) is 16.9 Å². The summed E-state index contributed by atoms with van der Waals surface area (Å²) in [6.07, 6.45) is 1.70. The predicted molar refractivity (Wildman–Crippen MR) is 79.2 cm³/mol. The van der Waals surface area contributed by atoms with Crippen LogP contribution in [0.1, 0.15) is 0 Å². The van der Waals surface area contributed by atoms with Crippen LogP contribution < -0.4 is 11.1 Å². The van der Waals surface area contributed by atoms with Crippen LogP contribution in [0.2, 0.25) is 0 Å². The van der Waals surface area contributed by atoms with Gasteiger partial charge in [-0.25, -0.2) is 4.98 Å². The molecule has 94 valence electrons. The van der Waals surface area contributed by atoms with Crippen molar-refractivity contribution in [2.45, 2.75) is 0 Å². The SMILES string of the molecule is Nc1nc(Nc2cccc(Br)c2)c2ncccc2n1. The molecule has 5 nitrogen and oxygen atoms in total. The van der Waals surface area contributed by atoms with Gasteiger partial charge >= 0.3 is 0 Å². The van der Waals surface area contributed by atoms with Gasteiger partial charge in [0.1, 0.15) is 5.52 Å². The number of hydrogen-bond acceptors (Lipinski definition) is 5. The van der Waals surface area contributed by atoms with Crippen molar-refractivity contribution < 1.29 is 0 Å². The lowest BCUT2D eigenvalue weighted by molar-refractivity contribution is 1.21. The molecule has 2 heterocycles. The van der Waals surface area contributed by atoms with Crippen LogP contribution in [0, 0.1) is 0 Å². The second-order valence-corrected chi connectivity index (χ2v) is 4.85. The largest absolute Gasteiger partial charge is 0.368 e. The quantitative estimate of drug-likeness (QED) is 0.759. The van der Waals surface area contributed by atoms with E-state index >= 15 is 0 Å². The van der Waals surface area contributed by atoms with E-state index in [1.54, 1.807) is 6.20 Å². The van der Waals surface area contributed by atoms with Gasteiger partial charge in [-0.1, -0.05) is 22.0 Å². The van der Waals surface area contributed by atoms with Crippen LogP contribution in [0.5, 0.6) is 0 Å². The maximum Gasteiger partial charge on any atom is 0.222 e. The third-order valence-electron chi connectivity index (χ3n) is 2.56. The van der Waals surface area contributed by atoms with Crippen molar-refractivity contribution >= 4 is 44.4 Å². The lowest BCUT2D eigenvalue weighted by atomic mass is 10.3. The van der Waals surface area contributed by atoms with Gasteiger partial charge in [0.25, 0.3) is 0 Å². The number of hydrogen-bond donors (Lipinski definition) is 2. The first kappa shape index (κ1) is 11.9. The van der Waals surface area contributed by atoms with Crippen molar-refractivity contribution in [3.8, 4) is 0 Å². The van der Waals surface area contributed by atoms with Gasteiger partial charge in [0.15, 0.2) is 5.82 Å². The van der Waals surface area contributed by atoms with Crippen molar-refractivity contribution in [2.24, 2.45) is 0 Å². The Morgan fingerprint density at radius 1 is 1.11 bits per heavy atom. The van der Waals surface area contributed by atoms with Crippen LogP contribution in [-0.4, -0.2) is 15.0 Å². The molecule has 1 aromatic carbocycles. The van der Waals surface area contributed by atoms with E-state index < -0.39 is 0 Å². The zero-order valence-electron chi connectivity index (χ0n) is 9.84. The summed E-state index contributed by atoms with van der Waals surface area (Å²) >= 11 is 3.43. The van der Waals surface area contributed by atoms with Crippen molar-refractivity contribution in [3.63, 3.8) is 0 Å². The number of fused-ring (bicyclic) bond motifs is 1. The van der Waals surface area contributed by atoms with Gasteiger partial charge in [-0.2, -0.15) is 4.98 Å². The maximum absolute atomic E-state index is 5.71. The highest BCUT2D eigenvalue weighted by atomic mass is 79.9. The Labute approximate surface area is 118 Å². The molecule has 19 heavy (non-hydrogen) atoms. The number of pyridine rings is 1. The molecule has 0 saturated carbocycles. The molecule has 0 spiro atoms. The van der Waals surface area contributed by atoms with Crippen LogP contribution in [-0.2, 0) is 0 Å². The highest BCUT2D eigenvalue weighted by Crippen LogP contribution is 2.24. The van der Waals surface area contributed by atoms with Crippen LogP contribution in [0.15, 0.2) is 47.1 Å². The molecule has 3 rings (SSSR count). The average Bonchev–Trinajstić information content (AvgIpc) is 2.38. The van der Waals surface area contributed by atoms with Gasteiger partial charge in [0.2, 0.25) is 5.95 Å². The number of benzene rings is 1. The smallest absolute Gasteiger partial charge is 0.222 e. The minimum Gasteiger partial charge on any atom is -0.368 e. The lowest BCUT2D eigenvalue weighted by Crippen LogP contribution is -2.02. The first-order chi connectivity index (χ1) is 9.22. The fraction of sp³-hybridized carbons (Fsp3) is 0. The summed E-state index contributed by atoms with van der Waals surface area (Å²) in [6, 6.07) is 11.5. The van der Waals surface area contributed by atoms with E-state index in [-0.39, 0.29) is 5.95 Å². The van der Waals surface area contributed by atoms with Gasteiger partial charge in [-0.05, 0) is 30.3 Å². The molecule has 0 atom stereocenters. The summed E-state index contributed by atoms with van der Waals surface area (Å²) in [6.45, 7) is 0. The monoisotopic (exact) mass is 315 g/mol. The number of nitrogen functional groups attached to an aromatic ring is 1. The highest BCUT2D eigenvalue weighted by Gasteiger charge is 2.07. The third-order valence-corrected chi connectivity index (χ3v) is 3.05. The lowest BCUT2D eigenvalue weighted by Gasteiger charge is -2.08. The Balaban J connectivity index is 2.09. The van der Waals surface area contributed by atoms with E-state index in [4.69, 9.17) is 5.73 Å². The summed E-state index contributed by atoms with van der Waals surface area (Å²) in [7, 11) is 0. The predicted octanol–water partition coefficient (Wildman–Crippen LogP) is 3.11. The Morgan fingerprint density at radius 3 is 2.84 bits per heavy atom. The highest BCUT2D eigenvalue weighted by molar-refractivity contribution is 9.10. The van der Waals surface area contributed by atoms with E-state index in [9.17, 15) is 0 Å². The number of nitrogens with two attached hydrogens (primary N) is 1. The van der Waals surface area contributed by atoms with Gasteiger partial charge < -0.3 is 11.1 Å². The first-order valence-electron chi connectivity index (χ1n) is 5.63. The molecule has 0 saturated heterocycles. The van der Waals surface area contributed by atoms with Crippen molar-refractivity contribution in [2.75, 3.05) is 11.1 Å². The number of aromatic nitrogens is 3. The zero-order valence-corrected chi connectivity index (χ0v) is 11.4. The molecular weight excluding hydrogens is 306 g/mol. The molecule has 0 unspecified atom stereocenters. The Hall–Kier alpha value is -2.21. The molecule has 0 fully saturated rings. The van der Waals surface area contributed by atoms with E-state index in [1.807, 2.05) is 36.4 Å². The van der Waals surface area contributed by atoms with Crippen LogP contribution in [0.3, 0.4) is 0 Å². The first-order valence-corrected chi connectivity index (χ1v) is 6.42. The van der Waals surface area contributed by atoms with Gasteiger partial charge in [0.05, 0.1) is 5.52 Å². The molecule has 0 aliphatic heterocycles. The van der Waals surface area contributed by atoms with E-state index in [1.165, 1.54) is 0 Å². The molecular formula is C13H10BrN5. The molecule has 6 heteroatoms. The molecule has 2 aromatic heterocycles. The van der Waals surface area contributed by atoms with Gasteiger partial charge in [-0.15, -0.1) is 0 Å². The van der Waals surface area contributed by atoms with Crippen LogP contribution in [0.4, 0.5) is 17.5 Å². The van der Waals surface area contributed by atoms with Gasteiger partial charge in [-0.3, -0.25) is 4.98 Å². The van der Waals surface area contributed by atoms with Crippen molar-refractivity contribution in [1.82, 2.24) is 15.0 Å². The van der Waals surface area contributed by atoms with Crippen LogP contribution in [0.25, 0.3) is 11.0 Å². The normalized spacial score (nSPS) is 10.6. The number of anilines is 3. The molecule has 3 aromatic rings. The standard InChI is InChI=1S/C13H10BrN5/c14-8-3-1-4-9(7-8)17-12-11-10(5-2-6-16-11)18-13(15)19-12/h1-7H,(H3,15,17,18,19). The molecule has 0 radical (unpaired) electrons. The minimum atomic E-state index is 0.220. The molecule has 0 amide bonds. The molecule has 0 aliphatic carbocycles. The summed E-state index contributed by atoms with van der Waals surface area (Å²) in [5, 5.41) is 3.20. The Kier molecular flexibility index (Phi) is 3.00. The van der Waals surface area contributed by atoms with E-state index in [2.05, 4.69) is 36.2 Å². The van der Waals surface area contributed by atoms with Crippen molar-refractivity contribution in [1.29, 1.82) is 0 Å². The number of rotatable bonds is 2. The average molecular weight is 316 g/mol. The molecule has 0 aliphatic rings. The molecule has 0 bridgehead atoms. The maximum atomic E-state index is 5.71. The topological polar surface area (TPSA) is 76.7 Å². The number of halogens is 1. The third kappa shape index (κ3) is 2.48. The summed E-state index contributed by atoms with van der Waals surface area (Å²) in [4.78, 5) is 12.6. The summed E-state index contributed by atoms with van der Waals surface area (Å²) in [5.41, 5.74) is 8.02. The zero-order chi connectivity index (χ0) is 13.2. The Bertz CT molecular complexity index is 744. The number of nitrogens with zero attached hydrogens (tertiary/aromatic N) is 3. The second-order valence-electron chi connectivity index (χ2n) is 3.94. The second kappa shape index (κ2) is 4.81. The fourth-order valence-corrected chi connectivity index (χ4v) is 2.17. The van der Waals surface area contributed by atoms with Gasteiger partial charge in [0, 0.05) is 16.4 Å².